The third kappa shape index (κ3) is 7.40. The van der Waals surface area contributed by atoms with E-state index in [0.29, 0.717) is 5.41 Å². The number of hydrogen-bond donors (Lipinski definition) is 2. The molecule has 0 spiro atoms. The second-order valence-corrected chi connectivity index (χ2v) is 9.56. The van der Waals surface area contributed by atoms with Crippen LogP contribution in [0.15, 0.2) is 35.8 Å². The molecular formula is C25H46N4. The first-order valence-electron chi connectivity index (χ1n) is 11.9. The summed E-state index contributed by atoms with van der Waals surface area (Å²) in [6.07, 6.45) is 17.0. The van der Waals surface area contributed by atoms with Crippen LogP contribution in [0, 0.1) is 17.3 Å². The SMILES string of the molecule is C/C=C/C(N)=C/C=C(\N)N1CCC(CN2CCC(CC)(CC(C)CC)CC2)CC1. The van der Waals surface area contributed by atoms with Crippen LogP contribution in [0.2, 0.25) is 0 Å². The Morgan fingerprint density at radius 3 is 2.28 bits per heavy atom. The third-order valence-corrected chi connectivity index (χ3v) is 7.45. The van der Waals surface area contributed by atoms with Gasteiger partial charge in [-0.1, -0.05) is 39.7 Å². The Bertz CT molecular complexity index is 561. The van der Waals surface area contributed by atoms with Gasteiger partial charge in [-0.05, 0) is 87.6 Å². The normalized spacial score (nSPS) is 23.7. The molecule has 2 rings (SSSR count). The topological polar surface area (TPSA) is 58.5 Å². The number of piperidine rings is 2. The van der Waals surface area contributed by atoms with Gasteiger partial charge in [-0.3, -0.25) is 0 Å². The number of likely N-dealkylation sites (tertiary alicyclic amines) is 2. The summed E-state index contributed by atoms with van der Waals surface area (Å²) in [6, 6.07) is 0. The summed E-state index contributed by atoms with van der Waals surface area (Å²) in [5.41, 5.74) is 13.5. The fourth-order valence-electron chi connectivity index (χ4n) is 5.07. The van der Waals surface area contributed by atoms with Crippen molar-refractivity contribution in [2.45, 2.75) is 72.6 Å². The minimum atomic E-state index is 0.608. The molecule has 0 aromatic carbocycles. The predicted octanol–water partition coefficient (Wildman–Crippen LogP) is 4.85. The summed E-state index contributed by atoms with van der Waals surface area (Å²) >= 11 is 0. The molecule has 0 radical (unpaired) electrons. The summed E-state index contributed by atoms with van der Waals surface area (Å²) in [5, 5.41) is 0. The van der Waals surface area contributed by atoms with Crippen LogP contribution in [-0.2, 0) is 0 Å². The molecule has 4 N–H and O–H groups in total. The van der Waals surface area contributed by atoms with Gasteiger partial charge < -0.3 is 21.3 Å². The van der Waals surface area contributed by atoms with E-state index in [1.54, 1.807) is 0 Å². The Kier molecular flexibility index (Phi) is 9.61. The molecule has 166 valence electrons. The minimum absolute atomic E-state index is 0.608. The second-order valence-electron chi connectivity index (χ2n) is 9.56. The molecule has 1 atom stereocenters. The van der Waals surface area contributed by atoms with Crippen molar-refractivity contribution >= 4 is 0 Å². The molecule has 2 aliphatic heterocycles. The Hall–Kier alpha value is -1.42. The molecule has 2 heterocycles. The van der Waals surface area contributed by atoms with Crippen LogP contribution in [0.3, 0.4) is 0 Å². The Balaban J connectivity index is 1.76. The highest BCUT2D eigenvalue weighted by Gasteiger charge is 2.34. The van der Waals surface area contributed by atoms with Crippen molar-refractivity contribution in [2.75, 3.05) is 32.7 Å². The Morgan fingerprint density at radius 2 is 1.72 bits per heavy atom. The zero-order valence-electron chi connectivity index (χ0n) is 19.5. The monoisotopic (exact) mass is 402 g/mol. The van der Waals surface area contributed by atoms with Crippen LogP contribution < -0.4 is 11.5 Å². The summed E-state index contributed by atoms with van der Waals surface area (Å²) < 4.78 is 0. The first-order chi connectivity index (χ1) is 13.9. The van der Waals surface area contributed by atoms with Crippen LogP contribution in [-0.4, -0.2) is 42.5 Å². The predicted molar refractivity (Wildman–Crippen MR) is 126 cm³/mol. The summed E-state index contributed by atoms with van der Waals surface area (Å²) in [5.74, 6) is 2.52. The lowest BCUT2D eigenvalue weighted by molar-refractivity contribution is 0.0599. The highest BCUT2D eigenvalue weighted by atomic mass is 15.2. The quantitative estimate of drug-likeness (QED) is 0.542. The smallest absolute Gasteiger partial charge is 0.0987 e. The molecule has 0 bridgehead atoms. The van der Waals surface area contributed by atoms with Gasteiger partial charge in [-0.2, -0.15) is 0 Å². The molecule has 2 aliphatic rings. The number of allylic oxidation sites excluding steroid dienone is 4. The van der Waals surface area contributed by atoms with Crippen LogP contribution in [0.25, 0.3) is 0 Å². The van der Waals surface area contributed by atoms with Crippen molar-refractivity contribution in [1.29, 1.82) is 0 Å². The fraction of sp³-hybridized carbons (Fsp3) is 0.760. The lowest BCUT2D eigenvalue weighted by atomic mass is 9.70. The second kappa shape index (κ2) is 11.7. The zero-order chi connectivity index (χ0) is 21.3. The van der Waals surface area contributed by atoms with E-state index in [2.05, 4.69) is 30.6 Å². The maximum Gasteiger partial charge on any atom is 0.0987 e. The van der Waals surface area contributed by atoms with E-state index in [1.165, 1.54) is 64.6 Å². The first kappa shape index (κ1) is 23.9. The van der Waals surface area contributed by atoms with Gasteiger partial charge in [0.1, 0.15) is 0 Å². The van der Waals surface area contributed by atoms with Gasteiger partial charge in [0.2, 0.25) is 0 Å². The van der Waals surface area contributed by atoms with Gasteiger partial charge in [0.25, 0.3) is 0 Å². The molecular weight excluding hydrogens is 356 g/mol. The van der Waals surface area contributed by atoms with Crippen molar-refractivity contribution in [3.63, 3.8) is 0 Å². The van der Waals surface area contributed by atoms with E-state index in [0.717, 1.165) is 36.4 Å². The lowest BCUT2D eigenvalue weighted by Crippen LogP contribution is -2.44. The van der Waals surface area contributed by atoms with E-state index >= 15 is 0 Å². The number of nitrogens with zero attached hydrogens (tertiary/aromatic N) is 2. The maximum atomic E-state index is 6.27. The number of hydrogen-bond acceptors (Lipinski definition) is 4. The van der Waals surface area contributed by atoms with Crippen LogP contribution in [0.4, 0.5) is 0 Å². The number of rotatable bonds is 9. The van der Waals surface area contributed by atoms with Crippen molar-refractivity contribution in [2.24, 2.45) is 28.7 Å². The highest BCUT2D eigenvalue weighted by Crippen LogP contribution is 2.41. The molecule has 0 amide bonds. The van der Waals surface area contributed by atoms with Crippen LogP contribution in [0.5, 0.6) is 0 Å². The van der Waals surface area contributed by atoms with Gasteiger partial charge in [0.05, 0.1) is 5.82 Å². The van der Waals surface area contributed by atoms with Crippen LogP contribution in [0.1, 0.15) is 72.6 Å². The lowest BCUT2D eigenvalue weighted by Gasteiger charge is -2.44. The fourth-order valence-corrected chi connectivity index (χ4v) is 5.07. The minimum Gasteiger partial charge on any atom is -0.399 e. The van der Waals surface area contributed by atoms with Crippen molar-refractivity contribution < 1.29 is 0 Å². The van der Waals surface area contributed by atoms with E-state index in [9.17, 15) is 0 Å². The molecule has 0 aliphatic carbocycles. The molecule has 4 heteroatoms. The Labute approximate surface area is 180 Å². The molecule has 2 saturated heterocycles. The van der Waals surface area contributed by atoms with Crippen LogP contribution >= 0.6 is 0 Å². The van der Waals surface area contributed by atoms with Gasteiger partial charge in [-0.25, -0.2) is 0 Å². The zero-order valence-corrected chi connectivity index (χ0v) is 19.5. The standard InChI is InChI=1S/C25H46N4/c1-5-8-23(26)9-10-24(27)29-15-11-22(12-16-29)20-28-17-13-25(7-3,14-18-28)19-21(4)6-2/h5,8-10,21-22H,6-7,11-20,26-27H2,1-4H3/b8-5+,23-9-,24-10+. The van der Waals surface area contributed by atoms with E-state index in [-0.39, 0.29) is 0 Å². The van der Waals surface area contributed by atoms with Gasteiger partial charge in [-0.15, -0.1) is 0 Å². The first-order valence-corrected chi connectivity index (χ1v) is 11.9. The molecule has 2 fully saturated rings. The molecule has 0 aromatic rings. The average Bonchev–Trinajstić information content (AvgIpc) is 2.74. The third-order valence-electron chi connectivity index (χ3n) is 7.45. The van der Waals surface area contributed by atoms with Gasteiger partial charge in [0.15, 0.2) is 0 Å². The largest absolute Gasteiger partial charge is 0.399 e. The number of nitrogens with two attached hydrogens (primary N) is 2. The van der Waals surface area contributed by atoms with Crippen molar-refractivity contribution in [3.05, 3.63) is 35.8 Å². The maximum absolute atomic E-state index is 6.27. The average molecular weight is 403 g/mol. The molecule has 4 nitrogen and oxygen atoms in total. The van der Waals surface area contributed by atoms with Crippen molar-refractivity contribution in [1.82, 2.24) is 9.80 Å². The summed E-state index contributed by atoms with van der Waals surface area (Å²) in [4.78, 5) is 5.05. The summed E-state index contributed by atoms with van der Waals surface area (Å²) in [7, 11) is 0. The van der Waals surface area contributed by atoms with E-state index < -0.39 is 0 Å². The highest BCUT2D eigenvalue weighted by molar-refractivity contribution is 5.22. The van der Waals surface area contributed by atoms with Gasteiger partial charge in [0, 0.05) is 25.3 Å². The van der Waals surface area contributed by atoms with Crippen molar-refractivity contribution in [3.8, 4) is 0 Å². The molecule has 0 aromatic heterocycles. The van der Waals surface area contributed by atoms with E-state index in [1.807, 2.05) is 31.2 Å². The van der Waals surface area contributed by atoms with E-state index in [4.69, 9.17) is 11.5 Å². The van der Waals surface area contributed by atoms with Gasteiger partial charge >= 0.3 is 0 Å². The molecule has 29 heavy (non-hydrogen) atoms. The summed E-state index contributed by atoms with van der Waals surface area (Å²) in [6.45, 7) is 15.1. The molecule has 1 unspecified atom stereocenters. The molecule has 0 saturated carbocycles. The Morgan fingerprint density at radius 1 is 1.07 bits per heavy atom.